The van der Waals surface area contributed by atoms with Gasteiger partial charge in [0.1, 0.15) is 0 Å². The van der Waals surface area contributed by atoms with Gasteiger partial charge in [0, 0.05) is 26.8 Å². The van der Waals surface area contributed by atoms with Gasteiger partial charge in [-0.2, -0.15) is 0 Å². The molecule has 0 radical (unpaired) electrons. The number of hydrogen-bond donors (Lipinski definition) is 1. The Labute approximate surface area is 160 Å². The summed E-state index contributed by atoms with van der Waals surface area (Å²) in [5.41, 5.74) is 1.09. The smallest absolute Gasteiger partial charge is 0.331 e. The molecule has 0 fully saturated rings. The molecule has 1 N–H and O–H groups in total. The second kappa shape index (κ2) is 8.90. The van der Waals surface area contributed by atoms with Crippen molar-refractivity contribution < 1.29 is 14.3 Å². The summed E-state index contributed by atoms with van der Waals surface area (Å²) in [5.74, 6) is -1.16. The largest absolute Gasteiger partial charge is 0.449 e. The van der Waals surface area contributed by atoms with Crippen LogP contribution in [0.1, 0.15) is 12.5 Å². The molecule has 4 nitrogen and oxygen atoms in total. The quantitative estimate of drug-likeness (QED) is 0.554. The SMILES string of the molecule is C[C@H](OC(=O)/C=C/c1ccccc1Cl)C(=O)Nc1cc(Cl)cc(Cl)c1. The molecule has 0 heterocycles. The van der Waals surface area contributed by atoms with Crippen LogP contribution in [0.5, 0.6) is 0 Å². The maximum Gasteiger partial charge on any atom is 0.331 e. The summed E-state index contributed by atoms with van der Waals surface area (Å²) in [4.78, 5) is 23.9. The molecule has 0 saturated heterocycles. The van der Waals surface area contributed by atoms with Gasteiger partial charge in [0.25, 0.3) is 5.91 Å². The minimum Gasteiger partial charge on any atom is -0.449 e. The fourth-order valence-corrected chi connectivity index (χ4v) is 2.63. The van der Waals surface area contributed by atoms with Gasteiger partial charge in [-0.3, -0.25) is 4.79 Å². The van der Waals surface area contributed by atoms with Crippen molar-refractivity contribution in [2.45, 2.75) is 13.0 Å². The summed E-state index contributed by atoms with van der Waals surface area (Å²) in [6.07, 6.45) is 1.73. The first-order chi connectivity index (χ1) is 11.8. The molecule has 0 aromatic heterocycles. The highest BCUT2D eigenvalue weighted by atomic mass is 35.5. The van der Waals surface area contributed by atoms with E-state index in [1.807, 2.05) is 0 Å². The lowest BCUT2D eigenvalue weighted by atomic mass is 10.2. The van der Waals surface area contributed by atoms with E-state index in [4.69, 9.17) is 39.5 Å². The molecule has 0 bridgehead atoms. The predicted molar refractivity (Wildman–Crippen MR) is 101 cm³/mol. The maximum absolute atomic E-state index is 12.1. The first-order valence-electron chi connectivity index (χ1n) is 7.25. The summed E-state index contributed by atoms with van der Waals surface area (Å²) in [5, 5.41) is 3.86. The molecule has 7 heteroatoms. The van der Waals surface area contributed by atoms with Gasteiger partial charge >= 0.3 is 5.97 Å². The van der Waals surface area contributed by atoms with Crippen molar-refractivity contribution in [2.24, 2.45) is 0 Å². The van der Waals surface area contributed by atoms with Gasteiger partial charge in [-0.15, -0.1) is 0 Å². The van der Waals surface area contributed by atoms with Crippen LogP contribution in [0.4, 0.5) is 5.69 Å². The first-order valence-corrected chi connectivity index (χ1v) is 8.39. The van der Waals surface area contributed by atoms with Crippen molar-refractivity contribution in [2.75, 3.05) is 5.32 Å². The maximum atomic E-state index is 12.1. The second-order valence-corrected chi connectivity index (χ2v) is 6.36. The number of carbonyl (C=O) groups is 2. The van der Waals surface area contributed by atoms with Gasteiger partial charge < -0.3 is 10.1 Å². The normalized spacial score (nSPS) is 12.0. The zero-order valence-electron chi connectivity index (χ0n) is 13.1. The number of esters is 1. The van der Waals surface area contributed by atoms with E-state index in [0.29, 0.717) is 26.3 Å². The third-order valence-corrected chi connectivity index (χ3v) is 3.88. The number of halogens is 3. The molecule has 130 valence electrons. The van der Waals surface area contributed by atoms with Crippen molar-refractivity contribution in [3.63, 3.8) is 0 Å². The van der Waals surface area contributed by atoms with Crippen molar-refractivity contribution in [1.82, 2.24) is 0 Å². The zero-order valence-corrected chi connectivity index (χ0v) is 15.4. The Balaban J connectivity index is 1.94. The van der Waals surface area contributed by atoms with E-state index >= 15 is 0 Å². The first kappa shape index (κ1) is 19.3. The second-order valence-electron chi connectivity index (χ2n) is 5.08. The number of anilines is 1. The Kier molecular flexibility index (Phi) is 6.88. The molecule has 25 heavy (non-hydrogen) atoms. The molecule has 2 aromatic rings. The fraction of sp³-hybridized carbons (Fsp3) is 0.111. The van der Waals surface area contributed by atoms with Crippen LogP contribution in [-0.4, -0.2) is 18.0 Å². The Hall–Kier alpha value is -2.01. The minimum absolute atomic E-state index is 0.384. The van der Waals surface area contributed by atoms with Crippen LogP contribution in [0, 0.1) is 0 Å². The highest BCUT2D eigenvalue weighted by Crippen LogP contribution is 2.22. The number of nitrogens with one attached hydrogen (secondary N) is 1. The minimum atomic E-state index is -0.999. The Morgan fingerprint density at radius 2 is 1.72 bits per heavy atom. The van der Waals surface area contributed by atoms with Crippen molar-refractivity contribution >= 4 is 58.4 Å². The van der Waals surface area contributed by atoms with Gasteiger partial charge in [-0.25, -0.2) is 4.79 Å². The van der Waals surface area contributed by atoms with Crippen LogP contribution in [0.25, 0.3) is 6.08 Å². The van der Waals surface area contributed by atoms with Crippen molar-refractivity contribution in [1.29, 1.82) is 0 Å². The van der Waals surface area contributed by atoms with Crippen LogP contribution < -0.4 is 5.32 Å². The predicted octanol–water partition coefficient (Wildman–Crippen LogP) is 5.23. The number of hydrogen-bond acceptors (Lipinski definition) is 3. The number of ether oxygens (including phenoxy) is 1. The van der Waals surface area contributed by atoms with Crippen LogP contribution in [0.2, 0.25) is 15.1 Å². The monoisotopic (exact) mass is 397 g/mol. The Bertz CT molecular complexity index is 801. The average molecular weight is 399 g/mol. The van der Waals surface area contributed by atoms with Crippen molar-refractivity contribution in [3.8, 4) is 0 Å². The summed E-state index contributed by atoms with van der Waals surface area (Å²) in [6, 6.07) is 11.7. The summed E-state index contributed by atoms with van der Waals surface area (Å²) < 4.78 is 5.06. The van der Waals surface area contributed by atoms with E-state index in [-0.39, 0.29) is 0 Å². The summed E-state index contributed by atoms with van der Waals surface area (Å²) >= 11 is 17.7. The molecular formula is C18H14Cl3NO3. The average Bonchev–Trinajstić information content (AvgIpc) is 2.53. The van der Waals surface area contributed by atoms with E-state index < -0.39 is 18.0 Å². The third kappa shape index (κ3) is 6.09. The van der Waals surface area contributed by atoms with Crippen molar-refractivity contribution in [3.05, 3.63) is 69.2 Å². The topological polar surface area (TPSA) is 55.4 Å². The Morgan fingerprint density at radius 3 is 2.36 bits per heavy atom. The molecule has 2 rings (SSSR count). The van der Waals surface area contributed by atoms with Gasteiger partial charge in [0.2, 0.25) is 0 Å². The fourth-order valence-electron chi connectivity index (χ4n) is 1.91. The molecule has 0 aliphatic heterocycles. The number of benzene rings is 2. The van der Waals surface area contributed by atoms with Gasteiger partial charge in [-0.05, 0) is 42.8 Å². The Morgan fingerprint density at radius 1 is 1.08 bits per heavy atom. The molecule has 1 atom stereocenters. The van der Waals surface area contributed by atoms with Gasteiger partial charge in [0.15, 0.2) is 6.10 Å². The molecule has 0 spiro atoms. The lowest BCUT2D eigenvalue weighted by Gasteiger charge is -2.12. The van der Waals surface area contributed by atoms with E-state index in [9.17, 15) is 9.59 Å². The number of rotatable bonds is 5. The van der Waals surface area contributed by atoms with E-state index in [2.05, 4.69) is 5.32 Å². The molecule has 0 unspecified atom stereocenters. The zero-order chi connectivity index (χ0) is 18.4. The molecule has 1 amide bonds. The van der Waals surface area contributed by atoms with Crippen LogP contribution in [0.15, 0.2) is 48.5 Å². The van der Waals surface area contributed by atoms with E-state index in [0.717, 1.165) is 0 Å². The summed E-state index contributed by atoms with van der Waals surface area (Å²) in [6.45, 7) is 1.46. The lowest BCUT2D eigenvalue weighted by molar-refractivity contribution is -0.148. The molecule has 0 saturated carbocycles. The van der Waals surface area contributed by atoms with Crippen LogP contribution in [0.3, 0.4) is 0 Å². The lowest BCUT2D eigenvalue weighted by Crippen LogP contribution is -2.29. The third-order valence-electron chi connectivity index (χ3n) is 3.10. The van der Waals surface area contributed by atoms with Gasteiger partial charge in [-0.1, -0.05) is 53.0 Å². The standard InChI is InChI=1S/C18H14Cl3NO3/c1-11(18(24)22-15-9-13(19)8-14(20)10-15)25-17(23)7-6-12-4-2-3-5-16(12)21/h2-11H,1H3,(H,22,24)/b7-6+/t11-/m0/s1. The van der Waals surface area contributed by atoms with Gasteiger partial charge in [0.05, 0.1) is 0 Å². The van der Waals surface area contributed by atoms with Crippen LogP contribution in [-0.2, 0) is 14.3 Å². The molecule has 0 aliphatic carbocycles. The molecular weight excluding hydrogens is 385 g/mol. The number of carbonyl (C=O) groups excluding carboxylic acids is 2. The summed E-state index contributed by atoms with van der Waals surface area (Å²) in [7, 11) is 0. The molecule has 2 aromatic carbocycles. The highest BCUT2D eigenvalue weighted by molar-refractivity contribution is 6.35. The van der Waals surface area contributed by atoms with Crippen LogP contribution >= 0.6 is 34.8 Å². The number of amides is 1. The molecule has 0 aliphatic rings. The van der Waals surface area contributed by atoms with E-state index in [1.54, 1.807) is 30.3 Å². The highest BCUT2D eigenvalue weighted by Gasteiger charge is 2.17. The van der Waals surface area contributed by atoms with E-state index in [1.165, 1.54) is 31.2 Å².